The maximum atomic E-state index is 9.76. The van der Waals surface area contributed by atoms with Crippen molar-refractivity contribution in [1.82, 2.24) is 10.6 Å². The van der Waals surface area contributed by atoms with Crippen molar-refractivity contribution in [2.75, 3.05) is 19.6 Å². The Labute approximate surface area is 62.2 Å². The summed E-state index contributed by atoms with van der Waals surface area (Å²) < 4.78 is 0. The highest BCUT2D eigenvalue weighted by molar-refractivity contribution is 5.45. The van der Waals surface area contributed by atoms with Crippen LogP contribution in [0.15, 0.2) is 0 Å². The van der Waals surface area contributed by atoms with Gasteiger partial charge in [0.15, 0.2) is 0 Å². The van der Waals surface area contributed by atoms with Crippen LogP contribution in [0.4, 0.5) is 0 Å². The van der Waals surface area contributed by atoms with Crippen molar-refractivity contribution >= 4 is 6.41 Å². The van der Waals surface area contributed by atoms with E-state index in [1.807, 2.05) is 0 Å². The van der Waals surface area contributed by atoms with Gasteiger partial charge in [0.25, 0.3) is 0 Å². The Morgan fingerprint density at radius 2 is 2.10 bits per heavy atom. The van der Waals surface area contributed by atoms with E-state index < -0.39 is 0 Å². The molecule has 0 saturated heterocycles. The van der Waals surface area contributed by atoms with E-state index >= 15 is 0 Å². The van der Waals surface area contributed by atoms with E-state index in [2.05, 4.69) is 17.6 Å². The molecule has 0 spiro atoms. The second-order valence-electron chi connectivity index (χ2n) is 2.18. The number of nitrogens with one attached hydrogen (secondary N) is 2. The quantitative estimate of drug-likeness (QED) is 0.393. The van der Waals surface area contributed by atoms with Gasteiger partial charge in [-0.25, -0.2) is 0 Å². The first kappa shape index (κ1) is 9.43. The molecule has 3 nitrogen and oxygen atoms in total. The van der Waals surface area contributed by atoms with Gasteiger partial charge in [-0.1, -0.05) is 6.92 Å². The fourth-order valence-electron chi connectivity index (χ4n) is 0.676. The Kier molecular flexibility index (Phi) is 7.95. The van der Waals surface area contributed by atoms with Gasteiger partial charge in [-0.3, -0.25) is 4.79 Å². The lowest BCUT2D eigenvalue weighted by atomic mass is 10.4. The van der Waals surface area contributed by atoms with Crippen molar-refractivity contribution in [1.29, 1.82) is 0 Å². The second kappa shape index (κ2) is 8.43. The zero-order valence-corrected chi connectivity index (χ0v) is 6.52. The van der Waals surface area contributed by atoms with Crippen molar-refractivity contribution in [3.05, 3.63) is 0 Å². The minimum atomic E-state index is 0.736. The molecule has 0 rings (SSSR count). The number of carbonyl (C=O) groups excluding carboxylic acids is 1. The molecular weight excluding hydrogens is 128 g/mol. The highest BCUT2D eigenvalue weighted by Gasteiger charge is 1.84. The normalized spacial score (nSPS) is 9.30. The standard InChI is InChI=1S/C7H16N2O/c1-2-4-8-5-3-6-9-7-10/h7-8H,2-6H2,1H3,(H,9,10). The molecule has 0 fully saturated rings. The largest absolute Gasteiger partial charge is 0.359 e. The average molecular weight is 144 g/mol. The molecule has 0 aliphatic carbocycles. The predicted molar refractivity (Wildman–Crippen MR) is 41.8 cm³/mol. The summed E-state index contributed by atoms with van der Waals surface area (Å²) in [5, 5.41) is 5.84. The van der Waals surface area contributed by atoms with Crippen LogP contribution in [0.3, 0.4) is 0 Å². The van der Waals surface area contributed by atoms with Gasteiger partial charge >= 0.3 is 0 Å². The molecule has 0 aliphatic heterocycles. The minimum Gasteiger partial charge on any atom is -0.359 e. The Morgan fingerprint density at radius 3 is 2.70 bits per heavy atom. The molecule has 0 aromatic heterocycles. The number of hydrogen-bond donors (Lipinski definition) is 2. The summed E-state index contributed by atoms with van der Waals surface area (Å²) >= 11 is 0. The van der Waals surface area contributed by atoms with Gasteiger partial charge in [-0.2, -0.15) is 0 Å². The van der Waals surface area contributed by atoms with Crippen molar-refractivity contribution in [2.45, 2.75) is 19.8 Å². The SMILES string of the molecule is CCCNCCCNC=O. The van der Waals surface area contributed by atoms with Crippen LogP contribution in [0.25, 0.3) is 0 Å². The van der Waals surface area contributed by atoms with Gasteiger partial charge in [0.1, 0.15) is 0 Å². The minimum absolute atomic E-state index is 0.736. The zero-order valence-electron chi connectivity index (χ0n) is 6.52. The molecule has 60 valence electrons. The van der Waals surface area contributed by atoms with Crippen LogP contribution in [0, 0.1) is 0 Å². The van der Waals surface area contributed by atoms with E-state index in [9.17, 15) is 4.79 Å². The number of carbonyl (C=O) groups is 1. The number of amides is 1. The van der Waals surface area contributed by atoms with E-state index in [4.69, 9.17) is 0 Å². The van der Waals surface area contributed by atoms with Crippen molar-refractivity contribution in [2.24, 2.45) is 0 Å². The van der Waals surface area contributed by atoms with Crippen LogP contribution in [0.5, 0.6) is 0 Å². The summed E-state index contributed by atoms with van der Waals surface area (Å²) in [6, 6.07) is 0. The zero-order chi connectivity index (χ0) is 7.66. The van der Waals surface area contributed by atoms with Crippen LogP contribution >= 0.6 is 0 Å². The van der Waals surface area contributed by atoms with Crippen LogP contribution in [-0.4, -0.2) is 26.0 Å². The van der Waals surface area contributed by atoms with Crippen molar-refractivity contribution < 1.29 is 4.79 Å². The molecule has 2 N–H and O–H groups in total. The molecule has 0 aromatic carbocycles. The molecule has 0 saturated carbocycles. The predicted octanol–water partition coefficient (Wildman–Crippen LogP) is 0.122. The molecule has 0 aromatic rings. The van der Waals surface area contributed by atoms with Crippen LogP contribution in [-0.2, 0) is 4.79 Å². The fraction of sp³-hybridized carbons (Fsp3) is 0.857. The highest BCUT2D eigenvalue weighted by Crippen LogP contribution is 1.73. The summed E-state index contributed by atoms with van der Waals surface area (Å²) in [4.78, 5) is 9.76. The molecule has 10 heavy (non-hydrogen) atoms. The number of hydrogen-bond acceptors (Lipinski definition) is 2. The topological polar surface area (TPSA) is 41.1 Å². The van der Waals surface area contributed by atoms with E-state index in [-0.39, 0.29) is 0 Å². The Morgan fingerprint density at radius 1 is 1.30 bits per heavy atom. The summed E-state index contributed by atoms with van der Waals surface area (Å²) in [5.74, 6) is 0. The van der Waals surface area contributed by atoms with Gasteiger partial charge in [0.05, 0.1) is 0 Å². The first-order chi connectivity index (χ1) is 4.91. The van der Waals surface area contributed by atoms with Gasteiger partial charge in [0.2, 0.25) is 6.41 Å². The van der Waals surface area contributed by atoms with Gasteiger partial charge < -0.3 is 10.6 Å². The molecular formula is C7H16N2O. The maximum absolute atomic E-state index is 9.76. The smallest absolute Gasteiger partial charge is 0.207 e. The lowest BCUT2D eigenvalue weighted by Crippen LogP contribution is -2.21. The molecule has 0 unspecified atom stereocenters. The van der Waals surface area contributed by atoms with Crippen LogP contribution in [0.2, 0.25) is 0 Å². The van der Waals surface area contributed by atoms with Crippen molar-refractivity contribution in [3.8, 4) is 0 Å². The van der Waals surface area contributed by atoms with Gasteiger partial charge in [-0.15, -0.1) is 0 Å². The van der Waals surface area contributed by atoms with E-state index in [0.717, 1.165) is 32.5 Å². The second-order valence-corrected chi connectivity index (χ2v) is 2.18. The van der Waals surface area contributed by atoms with E-state index in [0.29, 0.717) is 0 Å². The molecule has 0 heterocycles. The maximum Gasteiger partial charge on any atom is 0.207 e. The van der Waals surface area contributed by atoms with E-state index in [1.165, 1.54) is 6.42 Å². The van der Waals surface area contributed by atoms with Crippen LogP contribution < -0.4 is 10.6 Å². The van der Waals surface area contributed by atoms with Gasteiger partial charge in [-0.05, 0) is 25.9 Å². The lowest BCUT2D eigenvalue weighted by molar-refractivity contribution is -0.109. The summed E-state index contributed by atoms with van der Waals surface area (Å²) in [6.45, 7) is 4.98. The molecule has 3 heteroatoms. The molecule has 0 radical (unpaired) electrons. The number of rotatable bonds is 7. The summed E-state index contributed by atoms with van der Waals surface area (Å²) in [6.07, 6.45) is 2.92. The Bertz CT molecular complexity index is 76.0. The molecule has 0 aliphatic rings. The summed E-state index contributed by atoms with van der Waals surface area (Å²) in [5.41, 5.74) is 0. The third-order valence-electron chi connectivity index (χ3n) is 1.18. The van der Waals surface area contributed by atoms with E-state index in [1.54, 1.807) is 0 Å². The third-order valence-corrected chi connectivity index (χ3v) is 1.18. The monoisotopic (exact) mass is 144 g/mol. The average Bonchev–Trinajstić information content (AvgIpc) is 1.97. The summed E-state index contributed by atoms with van der Waals surface area (Å²) in [7, 11) is 0. The fourth-order valence-corrected chi connectivity index (χ4v) is 0.676. The first-order valence-corrected chi connectivity index (χ1v) is 3.79. The molecule has 1 amide bonds. The van der Waals surface area contributed by atoms with Gasteiger partial charge in [0, 0.05) is 6.54 Å². The van der Waals surface area contributed by atoms with Crippen LogP contribution in [0.1, 0.15) is 19.8 Å². The first-order valence-electron chi connectivity index (χ1n) is 3.79. The lowest BCUT2D eigenvalue weighted by Gasteiger charge is -2.00. The van der Waals surface area contributed by atoms with Crippen molar-refractivity contribution in [3.63, 3.8) is 0 Å². The molecule has 0 atom stereocenters. The Balaban J connectivity index is 2.70. The molecule has 0 bridgehead atoms. The Hall–Kier alpha value is -0.570. The highest BCUT2D eigenvalue weighted by atomic mass is 16.1. The third kappa shape index (κ3) is 7.43.